The first-order valence-corrected chi connectivity index (χ1v) is 6.91. The lowest BCUT2D eigenvalue weighted by Crippen LogP contribution is -2.36. The van der Waals surface area contributed by atoms with Crippen LogP contribution in [0.5, 0.6) is 0 Å². The van der Waals surface area contributed by atoms with Crippen molar-refractivity contribution in [1.82, 2.24) is 0 Å². The van der Waals surface area contributed by atoms with Gasteiger partial charge in [0.05, 0.1) is 0 Å². The largest absolute Gasteiger partial charge is 0.299 e. The zero-order chi connectivity index (χ0) is 11.7. The van der Waals surface area contributed by atoms with E-state index in [-0.39, 0.29) is 0 Å². The van der Waals surface area contributed by atoms with Crippen molar-refractivity contribution in [2.45, 2.75) is 53.4 Å². The van der Waals surface area contributed by atoms with Crippen LogP contribution >= 0.6 is 0 Å². The van der Waals surface area contributed by atoms with Gasteiger partial charge in [-0.3, -0.25) is 4.79 Å². The van der Waals surface area contributed by atoms with E-state index >= 15 is 0 Å². The number of carbonyl (C=O) groups is 1. The second-order valence-electron chi connectivity index (χ2n) is 7.47. The molecule has 0 spiro atoms. The van der Waals surface area contributed by atoms with Crippen LogP contribution in [-0.2, 0) is 4.79 Å². The number of hydrogen-bond acceptors (Lipinski definition) is 1. The van der Waals surface area contributed by atoms with E-state index in [4.69, 9.17) is 0 Å². The number of carbonyl (C=O) groups excluding carboxylic acids is 1. The Hall–Kier alpha value is -0.330. The van der Waals surface area contributed by atoms with E-state index in [1.165, 1.54) is 19.3 Å². The molecule has 3 rings (SSSR count). The summed E-state index contributed by atoms with van der Waals surface area (Å²) in [5.41, 5.74) is 0.862. The molecular weight excluding hydrogens is 196 g/mol. The molecule has 0 heterocycles. The van der Waals surface area contributed by atoms with Crippen LogP contribution in [0.2, 0.25) is 0 Å². The normalized spacial score (nSPS) is 54.1. The Balaban J connectivity index is 2.11. The first kappa shape index (κ1) is 10.8. The monoisotopic (exact) mass is 220 g/mol. The second-order valence-corrected chi connectivity index (χ2v) is 7.47. The smallest absolute Gasteiger partial charge is 0.136 e. The summed E-state index contributed by atoms with van der Waals surface area (Å²) >= 11 is 0. The molecule has 0 amide bonds. The SMILES string of the molecule is CC1[C@@H]2C(=O)C[C@H]3[C@@H]2C(C)(C)CCC[C@@]13C. The van der Waals surface area contributed by atoms with Gasteiger partial charge in [0.25, 0.3) is 0 Å². The highest BCUT2D eigenvalue weighted by atomic mass is 16.1. The van der Waals surface area contributed by atoms with Crippen LogP contribution < -0.4 is 0 Å². The zero-order valence-corrected chi connectivity index (χ0v) is 11.0. The molecule has 0 aromatic carbocycles. The van der Waals surface area contributed by atoms with Gasteiger partial charge in [0.2, 0.25) is 0 Å². The fraction of sp³-hybridized carbons (Fsp3) is 0.933. The molecular formula is C15H24O. The molecule has 3 fully saturated rings. The summed E-state index contributed by atoms with van der Waals surface area (Å²) in [4.78, 5) is 12.1. The van der Waals surface area contributed by atoms with Gasteiger partial charge in [-0.15, -0.1) is 0 Å². The molecule has 90 valence electrons. The van der Waals surface area contributed by atoms with E-state index in [0.717, 1.165) is 6.42 Å². The molecule has 3 aliphatic carbocycles. The summed E-state index contributed by atoms with van der Waals surface area (Å²) in [6.45, 7) is 9.61. The highest BCUT2D eigenvalue weighted by Crippen LogP contribution is 2.69. The summed E-state index contributed by atoms with van der Waals surface area (Å²) in [7, 11) is 0. The molecule has 0 saturated heterocycles. The minimum Gasteiger partial charge on any atom is -0.299 e. The third kappa shape index (κ3) is 1.05. The molecule has 0 aliphatic heterocycles. The molecule has 1 nitrogen and oxygen atoms in total. The maximum atomic E-state index is 12.1. The van der Waals surface area contributed by atoms with E-state index in [1.807, 2.05) is 0 Å². The average molecular weight is 220 g/mol. The minimum absolute atomic E-state index is 0.393. The third-order valence-electron chi connectivity index (χ3n) is 6.48. The standard InChI is InChI=1S/C15H24O/c1-9-12-11(16)8-10-13(12)14(2,3)6-5-7-15(9,10)4/h9-10,12-13H,5-8H2,1-4H3/t9?,10-,12+,13-,15-/m0/s1. The van der Waals surface area contributed by atoms with E-state index in [0.29, 0.717) is 40.3 Å². The summed E-state index contributed by atoms with van der Waals surface area (Å²) in [6, 6.07) is 0. The Labute approximate surface area is 99.0 Å². The molecule has 0 aromatic rings. The molecule has 5 atom stereocenters. The molecule has 0 N–H and O–H groups in total. The molecule has 3 aliphatic rings. The highest BCUT2D eigenvalue weighted by Gasteiger charge is 2.66. The van der Waals surface area contributed by atoms with Crippen LogP contribution in [0.4, 0.5) is 0 Å². The Morgan fingerprint density at radius 1 is 1.19 bits per heavy atom. The Kier molecular flexibility index (Phi) is 1.97. The van der Waals surface area contributed by atoms with Crippen molar-refractivity contribution in [3.63, 3.8) is 0 Å². The van der Waals surface area contributed by atoms with Gasteiger partial charge in [-0.05, 0) is 41.4 Å². The fourth-order valence-corrected chi connectivity index (χ4v) is 5.45. The second kappa shape index (κ2) is 2.91. The highest BCUT2D eigenvalue weighted by molar-refractivity contribution is 5.86. The Bertz CT molecular complexity index is 343. The summed E-state index contributed by atoms with van der Waals surface area (Å²) in [6.07, 6.45) is 4.92. The molecule has 3 saturated carbocycles. The topological polar surface area (TPSA) is 17.1 Å². The van der Waals surface area contributed by atoms with E-state index < -0.39 is 0 Å². The van der Waals surface area contributed by atoms with Crippen LogP contribution in [0.15, 0.2) is 0 Å². The molecule has 0 radical (unpaired) electrons. The van der Waals surface area contributed by atoms with Crippen molar-refractivity contribution < 1.29 is 4.79 Å². The molecule has 1 unspecified atom stereocenters. The van der Waals surface area contributed by atoms with Gasteiger partial charge in [-0.2, -0.15) is 0 Å². The Morgan fingerprint density at radius 2 is 1.88 bits per heavy atom. The van der Waals surface area contributed by atoms with Crippen LogP contribution in [0.3, 0.4) is 0 Å². The van der Waals surface area contributed by atoms with Gasteiger partial charge >= 0.3 is 0 Å². The molecule has 16 heavy (non-hydrogen) atoms. The summed E-state index contributed by atoms with van der Waals surface area (Å²) in [5, 5.41) is 0. The van der Waals surface area contributed by atoms with Crippen LogP contribution in [0, 0.1) is 34.5 Å². The van der Waals surface area contributed by atoms with Gasteiger partial charge in [0.15, 0.2) is 0 Å². The number of ketones is 1. The lowest BCUT2D eigenvalue weighted by Gasteiger charge is -2.39. The van der Waals surface area contributed by atoms with Gasteiger partial charge < -0.3 is 0 Å². The van der Waals surface area contributed by atoms with Crippen LogP contribution in [-0.4, -0.2) is 5.78 Å². The van der Waals surface area contributed by atoms with E-state index in [2.05, 4.69) is 27.7 Å². The molecule has 4 bridgehead atoms. The summed E-state index contributed by atoms with van der Waals surface area (Å²) < 4.78 is 0. The van der Waals surface area contributed by atoms with Gasteiger partial charge in [0.1, 0.15) is 5.78 Å². The Morgan fingerprint density at radius 3 is 2.56 bits per heavy atom. The van der Waals surface area contributed by atoms with Crippen molar-refractivity contribution >= 4 is 5.78 Å². The predicted octanol–water partition coefficient (Wildman–Crippen LogP) is 3.67. The van der Waals surface area contributed by atoms with Crippen LogP contribution in [0.25, 0.3) is 0 Å². The summed E-state index contributed by atoms with van der Waals surface area (Å²) in [5.74, 6) is 2.98. The van der Waals surface area contributed by atoms with Crippen molar-refractivity contribution in [3.05, 3.63) is 0 Å². The van der Waals surface area contributed by atoms with Gasteiger partial charge in [0, 0.05) is 12.3 Å². The van der Waals surface area contributed by atoms with Crippen LogP contribution in [0.1, 0.15) is 53.4 Å². The first-order valence-electron chi connectivity index (χ1n) is 6.91. The quantitative estimate of drug-likeness (QED) is 0.608. The van der Waals surface area contributed by atoms with Gasteiger partial charge in [-0.1, -0.05) is 34.1 Å². The lowest BCUT2D eigenvalue weighted by atomic mass is 9.65. The van der Waals surface area contributed by atoms with Crippen molar-refractivity contribution in [3.8, 4) is 0 Å². The minimum atomic E-state index is 0.393. The predicted molar refractivity (Wildman–Crippen MR) is 65.0 cm³/mol. The number of Topliss-reactive ketones (excluding diaryl/α,β-unsaturated/α-hetero) is 1. The first-order chi connectivity index (χ1) is 7.38. The maximum Gasteiger partial charge on any atom is 0.136 e. The zero-order valence-electron chi connectivity index (χ0n) is 11.0. The van der Waals surface area contributed by atoms with Crippen molar-refractivity contribution in [2.24, 2.45) is 34.5 Å². The van der Waals surface area contributed by atoms with Crippen molar-refractivity contribution in [2.75, 3.05) is 0 Å². The van der Waals surface area contributed by atoms with Crippen molar-refractivity contribution in [1.29, 1.82) is 0 Å². The number of rotatable bonds is 0. The third-order valence-corrected chi connectivity index (χ3v) is 6.48. The fourth-order valence-electron chi connectivity index (χ4n) is 5.45. The maximum absolute atomic E-state index is 12.1. The molecule has 1 heteroatoms. The number of hydrogen-bond donors (Lipinski definition) is 0. The average Bonchev–Trinajstić information content (AvgIpc) is 2.58. The van der Waals surface area contributed by atoms with E-state index in [9.17, 15) is 4.79 Å². The van der Waals surface area contributed by atoms with Gasteiger partial charge in [-0.25, -0.2) is 0 Å². The lowest BCUT2D eigenvalue weighted by molar-refractivity contribution is -0.127. The van der Waals surface area contributed by atoms with E-state index in [1.54, 1.807) is 0 Å². The molecule has 0 aromatic heterocycles.